The van der Waals surface area contributed by atoms with Crippen molar-refractivity contribution in [3.8, 4) is 134 Å². The van der Waals surface area contributed by atoms with E-state index in [0.717, 1.165) is 89.0 Å². The van der Waals surface area contributed by atoms with Crippen molar-refractivity contribution in [3.63, 3.8) is 0 Å². The van der Waals surface area contributed by atoms with Crippen molar-refractivity contribution < 1.29 is 0 Å². The summed E-state index contributed by atoms with van der Waals surface area (Å²) in [5, 5.41) is 2.22. The maximum Gasteiger partial charge on any atom is 0.0716 e. The SMILES string of the molecule is c1ccc(-c2ccc(-c3ccc4nc(-c5ccc(-c6ccccc6)cc5)cc(-c5ccc(-c6ccncc6)cc5)c4c3)cc2)cc1.c1ccc(-c2ccc(-c3ccc4nc(-c5ccc(-c6ccccc6)cc5)cc(-c5ccc(-c6ccncc6)nc5)c4c3)cc2)cc1. The summed E-state index contributed by atoms with van der Waals surface area (Å²) in [6, 6.07) is 116. The fourth-order valence-corrected chi connectivity index (χ4v) is 12.1. The van der Waals surface area contributed by atoms with Crippen LogP contribution in [0.15, 0.2) is 359 Å². The second-order valence-electron chi connectivity index (χ2n) is 22.8. The number of fused-ring (bicyclic) bond motifs is 2. The Bertz CT molecular complexity index is 4820. The smallest absolute Gasteiger partial charge is 0.0716 e. The van der Waals surface area contributed by atoms with Gasteiger partial charge in [0.25, 0.3) is 0 Å². The molecule has 432 valence electrons. The predicted octanol–water partition coefficient (Wildman–Crippen LogP) is 22.7. The molecule has 0 aliphatic carbocycles. The lowest BCUT2D eigenvalue weighted by molar-refractivity contribution is 1.29. The van der Waals surface area contributed by atoms with E-state index < -0.39 is 0 Å². The Labute approximate surface area is 536 Å². The highest BCUT2D eigenvalue weighted by atomic mass is 14.7. The van der Waals surface area contributed by atoms with Crippen LogP contribution in [-0.4, -0.2) is 24.9 Å². The first kappa shape index (κ1) is 56.2. The van der Waals surface area contributed by atoms with Gasteiger partial charge in [-0.1, -0.05) is 261 Å². The molecule has 16 rings (SSSR count). The molecule has 11 aromatic carbocycles. The Morgan fingerprint density at radius 2 is 0.435 bits per heavy atom. The van der Waals surface area contributed by atoms with Crippen LogP contribution < -0.4 is 0 Å². The van der Waals surface area contributed by atoms with Crippen LogP contribution in [0.25, 0.3) is 156 Å². The first-order valence-electron chi connectivity index (χ1n) is 31.0. The fraction of sp³-hybridized carbons (Fsp3) is 0. The van der Waals surface area contributed by atoms with E-state index in [1.165, 1.54) is 66.8 Å². The summed E-state index contributed by atoms with van der Waals surface area (Å²) >= 11 is 0. The van der Waals surface area contributed by atoms with Gasteiger partial charge in [-0.15, -0.1) is 0 Å². The summed E-state index contributed by atoms with van der Waals surface area (Å²) in [5.41, 5.74) is 29.0. The topological polar surface area (TPSA) is 64.5 Å². The molecule has 0 aliphatic heterocycles. The summed E-state index contributed by atoms with van der Waals surface area (Å²) in [7, 11) is 0. The highest BCUT2D eigenvalue weighted by Gasteiger charge is 2.16. The monoisotopic (exact) mass is 1170 g/mol. The molecule has 0 bridgehead atoms. The summed E-state index contributed by atoms with van der Waals surface area (Å²) in [4.78, 5) is 23.5. The molecule has 0 atom stereocenters. The zero-order valence-electron chi connectivity index (χ0n) is 50.3. The number of benzene rings is 11. The van der Waals surface area contributed by atoms with Crippen molar-refractivity contribution in [3.05, 3.63) is 359 Å². The molecule has 5 aromatic heterocycles. The van der Waals surface area contributed by atoms with Gasteiger partial charge in [-0.3, -0.25) is 15.0 Å². The highest BCUT2D eigenvalue weighted by molar-refractivity contribution is 6.01. The molecule has 0 radical (unpaired) electrons. The van der Waals surface area contributed by atoms with Crippen molar-refractivity contribution in [2.75, 3.05) is 0 Å². The number of aromatic nitrogens is 5. The van der Waals surface area contributed by atoms with E-state index in [1.54, 1.807) is 12.4 Å². The summed E-state index contributed by atoms with van der Waals surface area (Å²) in [5.74, 6) is 0. The van der Waals surface area contributed by atoms with Gasteiger partial charge in [0.2, 0.25) is 0 Å². The predicted molar refractivity (Wildman–Crippen MR) is 382 cm³/mol. The van der Waals surface area contributed by atoms with Crippen molar-refractivity contribution in [1.29, 1.82) is 0 Å². The van der Waals surface area contributed by atoms with Crippen LogP contribution in [0.1, 0.15) is 0 Å². The largest absolute Gasteiger partial charge is 0.265 e. The second kappa shape index (κ2) is 25.8. The minimum atomic E-state index is 0.917. The maximum atomic E-state index is 5.18. The van der Waals surface area contributed by atoms with Gasteiger partial charge in [0.1, 0.15) is 0 Å². The van der Waals surface area contributed by atoms with Crippen LogP contribution in [0, 0.1) is 0 Å². The van der Waals surface area contributed by atoms with Crippen LogP contribution in [0.4, 0.5) is 0 Å². The minimum absolute atomic E-state index is 0.917. The number of pyridine rings is 5. The van der Waals surface area contributed by atoms with E-state index in [1.807, 2.05) is 61.1 Å². The number of hydrogen-bond acceptors (Lipinski definition) is 5. The Morgan fingerprint density at radius 1 is 0.174 bits per heavy atom. The van der Waals surface area contributed by atoms with Crippen molar-refractivity contribution >= 4 is 21.8 Å². The standard InChI is InChI=1S/C44H30N2.C43H29N3/c1-3-7-31(8-4-1)33-11-13-36(14-12-33)40-23-24-43-42(29-40)41(38-19-15-35(16-20-38)37-25-27-45-28-26-37)30-44(46-43)39-21-17-34(18-22-39)32-9-5-2-6-10-32;1-3-7-30(8-4-1)32-11-13-34(14-12-32)37-19-22-42-40(27-37)39(38-20-21-41(45-29-38)36-23-25-44-26-24-36)28-43(46-42)35-17-15-33(16-18-35)31-9-5-2-6-10-31/h1-30H;1-29H. The van der Waals surface area contributed by atoms with Crippen LogP contribution in [0.5, 0.6) is 0 Å². The van der Waals surface area contributed by atoms with Crippen molar-refractivity contribution in [2.24, 2.45) is 0 Å². The van der Waals surface area contributed by atoms with E-state index in [-0.39, 0.29) is 0 Å². The lowest BCUT2D eigenvalue weighted by atomic mass is 9.93. The van der Waals surface area contributed by atoms with Gasteiger partial charge in [-0.05, 0) is 161 Å². The zero-order valence-corrected chi connectivity index (χ0v) is 50.3. The molecule has 0 N–H and O–H groups in total. The molecule has 92 heavy (non-hydrogen) atoms. The molecule has 0 amide bonds. The molecular weight excluding hydrogens is 1110 g/mol. The Kier molecular flexibility index (Phi) is 15.8. The van der Waals surface area contributed by atoms with Crippen LogP contribution in [-0.2, 0) is 0 Å². The molecule has 5 heteroatoms. The van der Waals surface area contributed by atoms with E-state index in [4.69, 9.17) is 15.0 Å². The number of rotatable bonds is 12. The molecule has 5 heterocycles. The third-order valence-electron chi connectivity index (χ3n) is 17.1. The van der Waals surface area contributed by atoms with Gasteiger partial charge in [0, 0.05) is 64.0 Å². The van der Waals surface area contributed by atoms with Gasteiger partial charge in [0.05, 0.1) is 28.1 Å². The van der Waals surface area contributed by atoms with Gasteiger partial charge in [-0.2, -0.15) is 0 Å². The third-order valence-corrected chi connectivity index (χ3v) is 17.1. The average Bonchev–Trinajstić information content (AvgIpc) is 0.838. The Hall–Kier alpha value is -12.3. The van der Waals surface area contributed by atoms with Crippen molar-refractivity contribution in [2.45, 2.75) is 0 Å². The molecule has 0 unspecified atom stereocenters. The third kappa shape index (κ3) is 12.2. The quantitative estimate of drug-likeness (QED) is 0.122. The van der Waals surface area contributed by atoms with Gasteiger partial charge in [0.15, 0.2) is 0 Å². The lowest BCUT2D eigenvalue weighted by Crippen LogP contribution is -1.92. The van der Waals surface area contributed by atoms with Crippen molar-refractivity contribution in [1.82, 2.24) is 24.9 Å². The molecular formula is C87H59N5. The molecule has 0 aliphatic rings. The second-order valence-corrected chi connectivity index (χ2v) is 22.8. The Morgan fingerprint density at radius 3 is 0.783 bits per heavy atom. The van der Waals surface area contributed by atoms with Gasteiger partial charge in [-0.25, -0.2) is 9.97 Å². The van der Waals surface area contributed by atoms with E-state index in [9.17, 15) is 0 Å². The van der Waals surface area contributed by atoms with Gasteiger partial charge >= 0.3 is 0 Å². The fourth-order valence-electron chi connectivity index (χ4n) is 12.1. The number of nitrogens with zero attached hydrogens (tertiary/aromatic N) is 5. The molecule has 16 aromatic rings. The normalized spacial score (nSPS) is 11.0. The molecule has 0 saturated heterocycles. The molecule has 0 spiro atoms. The molecule has 0 fully saturated rings. The molecule has 0 saturated carbocycles. The maximum absolute atomic E-state index is 5.18. The summed E-state index contributed by atoms with van der Waals surface area (Å²) in [6.45, 7) is 0. The Balaban J connectivity index is 0.000000153. The van der Waals surface area contributed by atoms with Crippen LogP contribution in [0.2, 0.25) is 0 Å². The first-order chi connectivity index (χ1) is 45.6. The van der Waals surface area contributed by atoms with Crippen LogP contribution >= 0.6 is 0 Å². The summed E-state index contributed by atoms with van der Waals surface area (Å²) < 4.78 is 0. The summed E-state index contributed by atoms with van der Waals surface area (Å²) in [6.07, 6.45) is 9.23. The van der Waals surface area contributed by atoms with Crippen LogP contribution in [0.3, 0.4) is 0 Å². The van der Waals surface area contributed by atoms with E-state index in [2.05, 4.69) is 295 Å². The minimum Gasteiger partial charge on any atom is -0.265 e. The zero-order chi connectivity index (χ0) is 61.4. The number of hydrogen-bond donors (Lipinski definition) is 0. The average molecular weight is 1170 g/mol. The van der Waals surface area contributed by atoms with E-state index in [0.29, 0.717) is 0 Å². The molecule has 5 nitrogen and oxygen atoms in total. The lowest BCUT2D eigenvalue weighted by Gasteiger charge is -2.13. The van der Waals surface area contributed by atoms with E-state index >= 15 is 0 Å². The first-order valence-corrected chi connectivity index (χ1v) is 31.0. The van der Waals surface area contributed by atoms with Gasteiger partial charge < -0.3 is 0 Å². The highest BCUT2D eigenvalue weighted by Crippen LogP contribution is 2.39.